The lowest BCUT2D eigenvalue weighted by molar-refractivity contribution is -0.144. The number of carboxylic acid groups (broad SMARTS) is 1. The Balaban J connectivity index is 1.78. The van der Waals surface area contributed by atoms with Crippen molar-refractivity contribution in [3.63, 3.8) is 0 Å². The Morgan fingerprint density at radius 2 is 1.88 bits per heavy atom. The lowest BCUT2D eigenvalue weighted by Gasteiger charge is -2.20. The molecule has 8 heteroatoms. The van der Waals surface area contributed by atoms with Gasteiger partial charge in [-0.3, -0.25) is 14.4 Å². The zero-order valence-corrected chi connectivity index (χ0v) is 19.0. The maximum absolute atomic E-state index is 12.7. The molecule has 0 aliphatic carbocycles. The van der Waals surface area contributed by atoms with Crippen molar-refractivity contribution >= 4 is 23.4 Å². The van der Waals surface area contributed by atoms with Crippen molar-refractivity contribution in [2.24, 2.45) is 11.8 Å². The first kappa shape index (κ1) is 24.5. The van der Waals surface area contributed by atoms with Gasteiger partial charge < -0.3 is 14.4 Å². The molecule has 7 nitrogen and oxygen atoms in total. The molecular weight excluding hydrogens is 446 g/mol. The summed E-state index contributed by atoms with van der Waals surface area (Å²) in [6, 6.07) is 16.5. The molecule has 0 aliphatic heterocycles. The molecule has 0 bridgehead atoms. The fourth-order valence-electron chi connectivity index (χ4n) is 3.76. The minimum atomic E-state index is -0.967. The average molecular weight is 472 g/mol. The largest absolute Gasteiger partial charge is 0.481 e. The molecule has 0 radical (unpaired) electrons. The van der Waals surface area contributed by atoms with E-state index in [1.54, 1.807) is 6.92 Å². The van der Waals surface area contributed by atoms with Crippen LogP contribution in [0.5, 0.6) is 0 Å². The SMILES string of the molecule is CCOC[C@H](C[C@H](CC(=O)c1cc(=O)[nH]o1)Cc1ccc(-c2cccc(Cl)c2)cc1)C(=O)O. The van der Waals surface area contributed by atoms with Gasteiger partial charge in [0, 0.05) is 18.1 Å². The number of H-pyrrole nitrogens is 1. The summed E-state index contributed by atoms with van der Waals surface area (Å²) in [5.41, 5.74) is 2.47. The first-order valence-electron chi connectivity index (χ1n) is 10.7. The van der Waals surface area contributed by atoms with Crippen LogP contribution in [-0.4, -0.2) is 35.2 Å². The molecule has 0 spiro atoms. The molecule has 33 heavy (non-hydrogen) atoms. The lowest BCUT2D eigenvalue weighted by atomic mass is 9.85. The second-order valence-electron chi connectivity index (χ2n) is 7.91. The Morgan fingerprint density at radius 1 is 1.12 bits per heavy atom. The van der Waals surface area contributed by atoms with E-state index in [2.05, 4.69) is 5.16 Å². The van der Waals surface area contributed by atoms with Crippen molar-refractivity contribution in [1.82, 2.24) is 5.16 Å². The van der Waals surface area contributed by atoms with Crippen LogP contribution in [0.25, 0.3) is 11.1 Å². The highest BCUT2D eigenvalue weighted by atomic mass is 35.5. The molecule has 0 fully saturated rings. The number of carbonyl (C=O) groups is 2. The Hall–Kier alpha value is -3.16. The van der Waals surface area contributed by atoms with Gasteiger partial charge in [-0.1, -0.05) is 48.0 Å². The van der Waals surface area contributed by atoms with E-state index in [0.29, 0.717) is 18.1 Å². The number of rotatable bonds is 12. The number of hydrogen-bond acceptors (Lipinski definition) is 5. The van der Waals surface area contributed by atoms with E-state index < -0.39 is 17.4 Å². The van der Waals surface area contributed by atoms with Gasteiger partial charge in [-0.25, -0.2) is 0 Å². The molecule has 2 aromatic carbocycles. The highest BCUT2D eigenvalue weighted by Crippen LogP contribution is 2.27. The second kappa shape index (κ2) is 11.6. The average Bonchev–Trinajstić information content (AvgIpc) is 3.23. The zero-order valence-electron chi connectivity index (χ0n) is 18.3. The number of aliphatic carboxylic acids is 1. The molecule has 2 atom stereocenters. The van der Waals surface area contributed by atoms with Crippen molar-refractivity contribution < 1.29 is 24.0 Å². The number of carbonyl (C=O) groups excluding carboxylic acids is 1. The molecule has 0 unspecified atom stereocenters. The predicted octanol–water partition coefficient (Wildman–Crippen LogP) is 4.85. The van der Waals surface area contributed by atoms with Crippen molar-refractivity contribution in [2.75, 3.05) is 13.2 Å². The topological polar surface area (TPSA) is 110 Å². The first-order chi connectivity index (χ1) is 15.9. The van der Waals surface area contributed by atoms with E-state index in [-0.39, 0.29) is 36.9 Å². The summed E-state index contributed by atoms with van der Waals surface area (Å²) < 4.78 is 10.3. The van der Waals surface area contributed by atoms with Crippen molar-refractivity contribution in [2.45, 2.75) is 26.2 Å². The van der Waals surface area contributed by atoms with Gasteiger partial charge in [-0.15, -0.1) is 0 Å². The molecule has 0 saturated heterocycles. The fourth-order valence-corrected chi connectivity index (χ4v) is 3.95. The van der Waals surface area contributed by atoms with Crippen LogP contribution >= 0.6 is 11.6 Å². The standard InChI is InChI=1S/C25H26ClNO6/c1-2-32-15-20(25(30)31)11-17(12-22(28)23-14-24(29)27-33-23)10-16-6-8-18(9-7-16)19-4-3-5-21(26)13-19/h3-9,13-14,17,20H,2,10-12,15H2,1H3,(H,27,29)(H,30,31)/t17-,20+/m1/s1. The van der Waals surface area contributed by atoms with Gasteiger partial charge in [-0.2, -0.15) is 5.16 Å². The second-order valence-corrected chi connectivity index (χ2v) is 8.35. The van der Waals surface area contributed by atoms with E-state index in [9.17, 15) is 19.5 Å². The van der Waals surface area contributed by atoms with Crippen molar-refractivity contribution in [1.29, 1.82) is 0 Å². The number of nitrogens with one attached hydrogen (secondary N) is 1. The minimum absolute atomic E-state index is 0.0484. The highest BCUT2D eigenvalue weighted by molar-refractivity contribution is 6.30. The number of halogens is 1. The zero-order chi connectivity index (χ0) is 23.8. The molecule has 174 valence electrons. The monoisotopic (exact) mass is 471 g/mol. The van der Waals surface area contributed by atoms with Crippen LogP contribution in [0.4, 0.5) is 0 Å². The number of hydrogen-bond donors (Lipinski definition) is 2. The third kappa shape index (κ3) is 7.17. The van der Waals surface area contributed by atoms with Crippen LogP contribution < -0.4 is 5.56 Å². The summed E-state index contributed by atoms with van der Waals surface area (Å²) in [5, 5.41) is 12.4. The van der Waals surface area contributed by atoms with Crippen LogP contribution in [0, 0.1) is 11.8 Å². The minimum Gasteiger partial charge on any atom is -0.481 e. The van der Waals surface area contributed by atoms with E-state index in [4.69, 9.17) is 20.9 Å². The lowest BCUT2D eigenvalue weighted by Crippen LogP contribution is -2.25. The van der Waals surface area contributed by atoms with E-state index >= 15 is 0 Å². The van der Waals surface area contributed by atoms with E-state index in [0.717, 1.165) is 22.8 Å². The summed E-state index contributed by atoms with van der Waals surface area (Å²) in [6.45, 7) is 2.28. The third-order valence-electron chi connectivity index (χ3n) is 5.40. The normalized spacial score (nSPS) is 12.9. The summed E-state index contributed by atoms with van der Waals surface area (Å²) in [4.78, 5) is 35.7. The summed E-state index contributed by atoms with van der Waals surface area (Å²) in [6.07, 6.45) is 0.796. The number of aromatic amines is 1. The van der Waals surface area contributed by atoms with Crippen molar-refractivity contribution in [3.05, 3.63) is 81.3 Å². The van der Waals surface area contributed by atoms with Gasteiger partial charge in [0.05, 0.1) is 18.6 Å². The van der Waals surface area contributed by atoms with Crippen LogP contribution in [0.15, 0.2) is 63.9 Å². The summed E-state index contributed by atoms with van der Waals surface area (Å²) in [5.74, 6) is -2.40. The Morgan fingerprint density at radius 3 is 2.48 bits per heavy atom. The molecule has 0 aliphatic rings. The molecule has 3 rings (SSSR count). The molecular formula is C25H26ClNO6. The molecule has 1 aromatic heterocycles. The molecule has 1 heterocycles. The summed E-state index contributed by atoms with van der Waals surface area (Å²) >= 11 is 6.09. The number of carboxylic acids is 1. The van der Waals surface area contributed by atoms with Crippen LogP contribution in [0.3, 0.4) is 0 Å². The Kier molecular flexibility index (Phi) is 8.63. The van der Waals surface area contributed by atoms with Crippen molar-refractivity contribution in [3.8, 4) is 11.1 Å². The quantitative estimate of drug-likeness (QED) is 0.365. The molecule has 0 saturated carbocycles. The van der Waals surface area contributed by atoms with Gasteiger partial charge in [0.15, 0.2) is 0 Å². The van der Waals surface area contributed by atoms with Gasteiger partial charge in [0.25, 0.3) is 5.56 Å². The number of ketones is 1. The van der Waals surface area contributed by atoms with E-state index in [1.165, 1.54) is 0 Å². The number of ether oxygens (including phenoxy) is 1. The van der Waals surface area contributed by atoms with E-state index in [1.807, 2.05) is 48.5 Å². The van der Waals surface area contributed by atoms with Gasteiger partial charge in [-0.05, 0) is 54.5 Å². The van der Waals surface area contributed by atoms with Gasteiger partial charge in [0.1, 0.15) is 0 Å². The molecule has 0 amide bonds. The summed E-state index contributed by atoms with van der Waals surface area (Å²) in [7, 11) is 0. The van der Waals surface area contributed by atoms with Crippen LogP contribution in [0.1, 0.15) is 35.9 Å². The number of aromatic nitrogens is 1. The predicted molar refractivity (Wildman–Crippen MR) is 125 cm³/mol. The van der Waals surface area contributed by atoms with Crippen LogP contribution in [-0.2, 0) is 16.0 Å². The smallest absolute Gasteiger partial charge is 0.308 e. The maximum atomic E-state index is 12.7. The Bertz CT molecular complexity index is 1130. The molecule has 2 N–H and O–H groups in total. The first-order valence-corrected chi connectivity index (χ1v) is 11.1. The Labute approximate surface area is 196 Å². The highest BCUT2D eigenvalue weighted by Gasteiger charge is 2.26. The fraction of sp³-hybridized carbons (Fsp3) is 0.320. The van der Waals surface area contributed by atoms with Crippen LogP contribution in [0.2, 0.25) is 5.02 Å². The number of Topliss-reactive ketones (excluding diaryl/α,β-unsaturated/α-hetero) is 1. The molecule has 3 aromatic rings. The van der Waals surface area contributed by atoms with Gasteiger partial charge in [0.2, 0.25) is 11.5 Å². The van der Waals surface area contributed by atoms with Gasteiger partial charge >= 0.3 is 5.97 Å². The third-order valence-corrected chi connectivity index (χ3v) is 5.63. The number of benzene rings is 2. The maximum Gasteiger partial charge on any atom is 0.308 e.